The summed E-state index contributed by atoms with van der Waals surface area (Å²) in [5.74, 6) is 0.701. The molecule has 0 saturated carbocycles. The molecule has 2 atom stereocenters. The molecule has 2 aliphatic heterocycles. The highest BCUT2D eigenvalue weighted by Gasteiger charge is 2.39. The summed E-state index contributed by atoms with van der Waals surface area (Å²) in [6.45, 7) is 0. The molecule has 3 N–H and O–H groups in total. The fraction of sp³-hybridized carbons (Fsp3) is 0.667. The van der Waals surface area contributed by atoms with Gasteiger partial charge in [-0.2, -0.15) is 5.10 Å². The largest absolute Gasteiger partial charge is 0.382 e. The van der Waals surface area contributed by atoms with Gasteiger partial charge in [0.05, 0.1) is 0 Å². The van der Waals surface area contributed by atoms with E-state index in [1.807, 2.05) is 0 Å². The molecule has 1 fully saturated rings. The van der Waals surface area contributed by atoms with Crippen LogP contribution in [0, 0.1) is 0 Å². The SMILES string of the molecule is CN1C2CCC1c1c(N)n[nH]c1C2. The number of hydrogen-bond donors (Lipinski definition) is 2. The molecule has 70 valence electrons. The van der Waals surface area contributed by atoms with Crippen molar-refractivity contribution >= 4 is 5.82 Å². The van der Waals surface area contributed by atoms with E-state index in [0.29, 0.717) is 17.9 Å². The van der Waals surface area contributed by atoms with Gasteiger partial charge in [0.25, 0.3) is 0 Å². The lowest BCUT2D eigenvalue weighted by Crippen LogP contribution is -2.34. The topological polar surface area (TPSA) is 57.9 Å². The van der Waals surface area contributed by atoms with E-state index in [1.165, 1.54) is 24.1 Å². The molecule has 0 aliphatic carbocycles. The van der Waals surface area contributed by atoms with Crippen molar-refractivity contribution in [3.63, 3.8) is 0 Å². The summed E-state index contributed by atoms with van der Waals surface area (Å²) in [5.41, 5.74) is 8.37. The molecule has 2 aliphatic rings. The molecule has 13 heavy (non-hydrogen) atoms. The maximum Gasteiger partial charge on any atom is 0.150 e. The van der Waals surface area contributed by atoms with E-state index in [2.05, 4.69) is 22.1 Å². The Morgan fingerprint density at radius 1 is 1.54 bits per heavy atom. The molecule has 1 aromatic heterocycles. The Balaban J connectivity index is 2.15. The number of nitrogens with two attached hydrogens (primary N) is 1. The zero-order valence-electron chi connectivity index (χ0n) is 7.75. The average molecular weight is 178 g/mol. The van der Waals surface area contributed by atoms with Crippen LogP contribution in [0.25, 0.3) is 0 Å². The van der Waals surface area contributed by atoms with Crippen molar-refractivity contribution in [2.45, 2.75) is 31.3 Å². The molecule has 0 radical (unpaired) electrons. The van der Waals surface area contributed by atoms with E-state index < -0.39 is 0 Å². The van der Waals surface area contributed by atoms with Crippen LogP contribution in [0.5, 0.6) is 0 Å². The monoisotopic (exact) mass is 178 g/mol. The van der Waals surface area contributed by atoms with Gasteiger partial charge in [-0.25, -0.2) is 0 Å². The number of hydrogen-bond acceptors (Lipinski definition) is 3. The number of aromatic nitrogens is 2. The van der Waals surface area contributed by atoms with E-state index in [9.17, 15) is 0 Å². The minimum atomic E-state index is 0.521. The van der Waals surface area contributed by atoms with Crippen LogP contribution in [0.4, 0.5) is 5.82 Å². The minimum Gasteiger partial charge on any atom is -0.382 e. The van der Waals surface area contributed by atoms with Crippen molar-refractivity contribution in [2.75, 3.05) is 12.8 Å². The van der Waals surface area contributed by atoms with Crippen molar-refractivity contribution in [3.05, 3.63) is 11.3 Å². The van der Waals surface area contributed by atoms with Crippen LogP contribution in [-0.2, 0) is 6.42 Å². The number of anilines is 1. The molecule has 0 aromatic carbocycles. The highest BCUT2D eigenvalue weighted by molar-refractivity contribution is 5.47. The van der Waals surface area contributed by atoms with Crippen LogP contribution >= 0.6 is 0 Å². The first-order valence-electron chi connectivity index (χ1n) is 4.82. The van der Waals surface area contributed by atoms with Gasteiger partial charge in [-0.05, 0) is 19.9 Å². The van der Waals surface area contributed by atoms with Crippen molar-refractivity contribution < 1.29 is 0 Å². The number of aromatic amines is 1. The third-order valence-corrected chi connectivity index (χ3v) is 3.53. The number of nitrogens with zero attached hydrogens (tertiary/aromatic N) is 2. The first-order chi connectivity index (χ1) is 6.27. The number of rotatable bonds is 0. The van der Waals surface area contributed by atoms with E-state index in [0.717, 1.165) is 6.42 Å². The highest BCUT2D eigenvalue weighted by Crippen LogP contribution is 2.43. The zero-order chi connectivity index (χ0) is 9.00. The van der Waals surface area contributed by atoms with Gasteiger partial charge in [0, 0.05) is 29.8 Å². The first-order valence-corrected chi connectivity index (χ1v) is 4.82. The second kappa shape index (κ2) is 2.26. The first kappa shape index (κ1) is 7.38. The summed E-state index contributed by atoms with van der Waals surface area (Å²) in [5, 5.41) is 7.12. The average Bonchev–Trinajstić information content (AvgIpc) is 2.58. The lowest BCUT2D eigenvalue weighted by molar-refractivity contribution is 0.224. The van der Waals surface area contributed by atoms with Gasteiger partial charge in [-0.3, -0.25) is 10.00 Å². The Morgan fingerprint density at radius 3 is 3.23 bits per heavy atom. The van der Waals surface area contributed by atoms with E-state index in [-0.39, 0.29) is 0 Å². The Morgan fingerprint density at radius 2 is 2.38 bits per heavy atom. The molecule has 2 bridgehead atoms. The number of likely N-dealkylation sites (N-methyl/N-ethyl adjacent to an activating group) is 1. The van der Waals surface area contributed by atoms with Crippen LogP contribution in [-0.4, -0.2) is 28.2 Å². The second-order valence-corrected chi connectivity index (χ2v) is 4.12. The van der Waals surface area contributed by atoms with Gasteiger partial charge in [0.1, 0.15) is 5.82 Å². The summed E-state index contributed by atoms with van der Waals surface area (Å²) in [7, 11) is 2.19. The van der Waals surface area contributed by atoms with Gasteiger partial charge in [0.15, 0.2) is 0 Å². The van der Waals surface area contributed by atoms with Crippen molar-refractivity contribution in [3.8, 4) is 0 Å². The molecular weight excluding hydrogens is 164 g/mol. The van der Waals surface area contributed by atoms with E-state index in [1.54, 1.807) is 0 Å². The van der Waals surface area contributed by atoms with Gasteiger partial charge in [0.2, 0.25) is 0 Å². The Bertz CT molecular complexity index is 343. The third kappa shape index (κ3) is 0.812. The summed E-state index contributed by atoms with van der Waals surface area (Å²) in [6, 6.07) is 1.23. The molecule has 0 spiro atoms. The van der Waals surface area contributed by atoms with Gasteiger partial charge in [-0.15, -0.1) is 0 Å². The quantitative estimate of drug-likeness (QED) is 0.614. The van der Waals surface area contributed by atoms with Crippen molar-refractivity contribution in [1.82, 2.24) is 15.1 Å². The maximum atomic E-state index is 5.84. The predicted octanol–water partition coefficient (Wildman–Crippen LogP) is 0.683. The third-order valence-electron chi connectivity index (χ3n) is 3.53. The van der Waals surface area contributed by atoms with Gasteiger partial charge < -0.3 is 5.73 Å². The lowest BCUT2D eigenvalue weighted by atomic mass is 10.0. The molecule has 2 unspecified atom stereocenters. The summed E-state index contributed by atoms with van der Waals surface area (Å²) < 4.78 is 0. The Labute approximate surface area is 77.1 Å². The zero-order valence-corrected chi connectivity index (χ0v) is 7.75. The molecular formula is C9H14N4. The highest BCUT2D eigenvalue weighted by atomic mass is 15.2. The lowest BCUT2D eigenvalue weighted by Gasteiger charge is -2.30. The van der Waals surface area contributed by atoms with Crippen LogP contribution in [0.3, 0.4) is 0 Å². The van der Waals surface area contributed by atoms with Crippen molar-refractivity contribution in [1.29, 1.82) is 0 Å². The molecule has 3 rings (SSSR count). The van der Waals surface area contributed by atoms with Gasteiger partial charge >= 0.3 is 0 Å². The fourth-order valence-electron chi connectivity index (χ4n) is 2.77. The van der Waals surface area contributed by atoms with Crippen LogP contribution in [0.15, 0.2) is 0 Å². The molecule has 4 nitrogen and oxygen atoms in total. The molecule has 1 saturated heterocycles. The van der Waals surface area contributed by atoms with Crippen LogP contribution in [0.1, 0.15) is 30.1 Å². The second-order valence-electron chi connectivity index (χ2n) is 4.12. The van der Waals surface area contributed by atoms with Crippen LogP contribution in [0.2, 0.25) is 0 Å². The number of nitrogens with one attached hydrogen (secondary N) is 1. The maximum absolute atomic E-state index is 5.84. The van der Waals surface area contributed by atoms with Crippen molar-refractivity contribution in [2.24, 2.45) is 0 Å². The smallest absolute Gasteiger partial charge is 0.150 e. The number of nitrogen functional groups attached to an aromatic ring is 1. The summed E-state index contributed by atoms with van der Waals surface area (Å²) >= 11 is 0. The fourth-order valence-corrected chi connectivity index (χ4v) is 2.77. The standard InChI is InChI=1S/C9H14N4/c1-13-5-2-3-7(13)8-6(4-5)11-12-9(8)10/h5,7H,2-4H2,1H3,(H3,10,11,12). The van der Waals surface area contributed by atoms with Crippen LogP contribution < -0.4 is 5.73 Å². The Kier molecular flexibility index (Phi) is 1.28. The summed E-state index contributed by atoms with van der Waals surface area (Å²) in [6.07, 6.45) is 3.62. The van der Waals surface area contributed by atoms with E-state index >= 15 is 0 Å². The summed E-state index contributed by atoms with van der Waals surface area (Å²) in [4.78, 5) is 2.44. The Hall–Kier alpha value is -1.03. The predicted molar refractivity (Wildman–Crippen MR) is 50.2 cm³/mol. The van der Waals surface area contributed by atoms with Gasteiger partial charge in [-0.1, -0.05) is 0 Å². The van der Waals surface area contributed by atoms with E-state index in [4.69, 9.17) is 5.73 Å². The number of fused-ring (bicyclic) bond motifs is 4. The molecule has 0 amide bonds. The minimum absolute atomic E-state index is 0.521. The molecule has 4 heteroatoms. The number of H-pyrrole nitrogens is 1. The normalized spacial score (nSPS) is 32.1. The molecule has 3 heterocycles. The molecule has 1 aromatic rings.